The standard InChI is InChI=1S/C14H18ClN5/c1-9-6-7-20(8-12(9)16)14-17-13(18-19-14)10-4-2-3-5-11(10)15/h2-5,9,12H,6-8,16H2,1H3,(H,17,18,19). The SMILES string of the molecule is CC1CCN(c2n[nH]c(-c3ccccc3Cl)n2)CC1N. The Bertz CT molecular complexity index is 597. The number of nitrogens with two attached hydrogens (primary N) is 1. The Hall–Kier alpha value is -1.59. The molecule has 1 aromatic carbocycles. The number of piperidine rings is 1. The highest BCUT2D eigenvalue weighted by atomic mass is 35.5. The molecule has 1 saturated heterocycles. The maximum Gasteiger partial charge on any atom is 0.245 e. The fraction of sp³-hybridized carbons (Fsp3) is 0.429. The smallest absolute Gasteiger partial charge is 0.245 e. The van der Waals surface area contributed by atoms with Crippen LogP contribution in [0.4, 0.5) is 5.95 Å². The van der Waals surface area contributed by atoms with E-state index in [1.807, 2.05) is 24.3 Å². The topological polar surface area (TPSA) is 70.8 Å². The number of benzene rings is 1. The summed E-state index contributed by atoms with van der Waals surface area (Å²) in [7, 11) is 0. The Morgan fingerprint density at radius 1 is 1.40 bits per heavy atom. The van der Waals surface area contributed by atoms with Gasteiger partial charge in [-0.2, -0.15) is 4.98 Å². The van der Waals surface area contributed by atoms with Crippen molar-refractivity contribution < 1.29 is 0 Å². The van der Waals surface area contributed by atoms with E-state index in [1.165, 1.54) is 0 Å². The molecule has 2 unspecified atom stereocenters. The number of hydrogen-bond acceptors (Lipinski definition) is 4. The van der Waals surface area contributed by atoms with Crippen molar-refractivity contribution in [3.8, 4) is 11.4 Å². The van der Waals surface area contributed by atoms with Crippen LogP contribution in [0, 0.1) is 5.92 Å². The van der Waals surface area contributed by atoms with Crippen molar-refractivity contribution in [2.24, 2.45) is 11.7 Å². The summed E-state index contributed by atoms with van der Waals surface area (Å²) in [5.74, 6) is 1.94. The number of nitrogens with one attached hydrogen (secondary N) is 1. The minimum absolute atomic E-state index is 0.172. The summed E-state index contributed by atoms with van der Waals surface area (Å²) in [6.45, 7) is 3.92. The molecule has 106 valence electrons. The van der Waals surface area contributed by atoms with Crippen molar-refractivity contribution in [2.75, 3.05) is 18.0 Å². The fourth-order valence-electron chi connectivity index (χ4n) is 2.45. The second-order valence-electron chi connectivity index (χ2n) is 5.34. The van der Waals surface area contributed by atoms with E-state index in [0.29, 0.717) is 22.7 Å². The largest absolute Gasteiger partial charge is 0.338 e. The van der Waals surface area contributed by atoms with Gasteiger partial charge in [0.2, 0.25) is 5.95 Å². The quantitative estimate of drug-likeness (QED) is 0.891. The lowest BCUT2D eigenvalue weighted by molar-refractivity contribution is 0.376. The molecule has 2 aromatic rings. The molecule has 0 spiro atoms. The van der Waals surface area contributed by atoms with Gasteiger partial charge < -0.3 is 10.6 Å². The highest BCUT2D eigenvalue weighted by molar-refractivity contribution is 6.33. The third kappa shape index (κ3) is 2.51. The summed E-state index contributed by atoms with van der Waals surface area (Å²) in [5, 5.41) is 7.92. The molecular formula is C14H18ClN5. The summed E-state index contributed by atoms with van der Waals surface area (Å²) in [5.41, 5.74) is 6.98. The molecule has 0 amide bonds. The van der Waals surface area contributed by atoms with Crippen LogP contribution in [-0.2, 0) is 0 Å². The van der Waals surface area contributed by atoms with Gasteiger partial charge in [0, 0.05) is 24.7 Å². The second-order valence-corrected chi connectivity index (χ2v) is 5.75. The van der Waals surface area contributed by atoms with Crippen molar-refractivity contribution in [3.63, 3.8) is 0 Å². The van der Waals surface area contributed by atoms with Crippen LogP contribution in [0.15, 0.2) is 24.3 Å². The zero-order valence-corrected chi connectivity index (χ0v) is 12.1. The summed E-state index contributed by atoms with van der Waals surface area (Å²) in [6.07, 6.45) is 1.07. The lowest BCUT2D eigenvalue weighted by Crippen LogP contribution is -2.48. The van der Waals surface area contributed by atoms with Gasteiger partial charge in [0.1, 0.15) is 0 Å². The van der Waals surface area contributed by atoms with Gasteiger partial charge in [-0.1, -0.05) is 30.7 Å². The van der Waals surface area contributed by atoms with Crippen LogP contribution in [0.1, 0.15) is 13.3 Å². The van der Waals surface area contributed by atoms with E-state index >= 15 is 0 Å². The highest BCUT2D eigenvalue weighted by Crippen LogP contribution is 2.26. The number of aromatic nitrogens is 3. The molecule has 2 heterocycles. The number of aromatic amines is 1. The summed E-state index contributed by atoms with van der Waals surface area (Å²) < 4.78 is 0. The first kappa shape index (κ1) is 13.4. The van der Waals surface area contributed by atoms with Crippen molar-refractivity contribution in [1.82, 2.24) is 15.2 Å². The van der Waals surface area contributed by atoms with E-state index in [2.05, 4.69) is 27.0 Å². The van der Waals surface area contributed by atoms with E-state index < -0.39 is 0 Å². The van der Waals surface area contributed by atoms with Crippen LogP contribution in [0.2, 0.25) is 5.02 Å². The molecule has 1 aliphatic heterocycles. The molecule has 1 aromatic heterocycles. The lowest BCUT2D eigenvalue weighted by atomic mass is 9.95. The average molecular weight is 292 g/mol. The molecule has 20 heavy (non-hydrogen) atoms. The van der Waals surface area contributed by atoms with Crippen LogP contribution in [-0.4, -0.2) is 34.3 Å². The van der Waals surface area contributed by atoms with Crippen molar-refractivity contribution in [3.05, 3.63) is 29.3 Å². The van der Waals surface area contributed by atoms with Crippen LogP contribution in [0.5, 0.6) is 0 Å². The maximum absolute atomic E-state index is 6.17. The molecule has 1 fully saturated rings. The molecule has 1 aliphatic rings. The van der Waals surface area contributed by atoms with Gasteiger partial charge >= 0.3 is 0 Å². The van der Waals surface area contributed by atoms with Crippen molar-refractivity contribution in [1.29, 1.82) is 0 Å². The molecule has 0 aliphatic carbocycles. The summed E-state index contributed by atoms with van der Waals surface area (Å²) >= 11 is 6.17. The number of H-pyrrole nitrogens is 1. The number of anilines is 1. The van der Waals surface area contributed by atoms with Gasteiger partial charge in [-0.15, -0.1) is 5.10 Å². The maximum atomic E-state index is 6.17. The number of nitrogens with zero attached hydrogens (tertiary/aromatic N) is 3. The molecule has 6 heteroatoms. The van der Waals surface area contributed by atoms with E-state index in [0.717, 1.165) is 25.1 Å². The van der Waals surface area contributed by atoms with E-state index in [9.17, 15) is 0 Å². The third-order valence-electron chi connectivity index (χ3n) is 3.90. The van der Waals surface area contributed by atoms with Gasteiger partial charge in [-0.3, -0.25) is 5.10 Å². The van der Waals surface area contributed by atoms with Crippen molar-refractivity contribution >= 4 is 17.5 Å². The minimum atomic E-state index is 0.172. The van der Waals surface area contributed by atoms with Crippen LogP contribution in [0.25, 0.3) is 11.4 Å². The van der Waals surface area contributed by atoms with E-state index in [-0.39, 0.29) is 6.04 Å². The molecule has 3 rings (SSSR count). The van der Waals surface area contributed by atoms with Crippen LogP contribution < -0.4 is 10.6 Å². The van der Waals surface area contributed by atoms with Gasteiger partial charge in [-0.25, -0.2) is 0 Å². The number of rotatable bonds is 2. The molecule has 0 bridgehead atoms. The minimum Gasteiger partial charge on any atom is -0.338 e. The van der Waals surface area contributed by atoms with Gasteiger partial charge in [0.25, 0.3) is 0 Å². The first-order valence-corrected chi connectivity index (χ1v) is 7.21. The van der Waals surface area contributed by atoms with Gasteiger partial charge in [-0.05, 0) is 24.5 Å². The Morgan fingerprint density at radius 2 is 2.20 bits per heavy atom. The molecule has 5 nitrogen and oxygen atoms in total. The Kier molecular flexibility index (Phi) is 3.63. The van der Waals surface area contributed by atoms with Gasteiger partial charge in [0.15, 0.2) is 5.82 Å². The molecule has 0 saturated carbocycles. The fourth-order valence-corrected chi connectivity index (χ4v) is 2.67. The van der Waals surface area contributed by atoms with E-state index in [1.54, 1.807) is 0 Å². The Morgan fingerprint density at radius 3 is 2.95 bits per heavy atom. The van der Waals surface area contributed by atoms with Crippen LogP contribution >= 0.6 is 11.6 Å². The zero-order chi connectivity index (χ0) is 14.1. The normalized spacial score (nSPS) is 23.1. The number of hydrogen-bond donors (Lipinski definition) is 2. The predicted octanol–water partition coefficient (Wildman–Crippen LogP) is 2.30. The molecular weight excluding hydrogens is 274 g/mol. The summed E-state index contributed by atoms with van der Waals surface area (Å²) in [6, 6.07) is 7.77. The molecule has 2 atom stereocenters. The summed E-state index contributed by atoms with van der Waals surface area (Å²) in [4.78, 5) is 6.67. The average Bonchev–Trinajstić information content (AvgIpc) is 2.92. The Labute approximate surface area is 123 Å². The Balaban J connectivity index is 1.82. The van der Waals surface area contributed by atoms with Crippen LogP contribution in [0.3, 0.4) is 0 Å². The lowest BCUT2D eigenvalue weighted by Gasteiger charge is -2.34. The first-order chi connectivity index (χ1) is 9.65. The second kappa shape index (κ2) is 5.42. The molecule has 3 N–H and O–H groups in total. The first-order valence-electron chi connectivity index (χ1n) is 6.83. The predicted molar refractivity (Wildman–Crippen MR) is 80.8 cm³/mol. The highest BCUT2D eigenvalue weighted by Gasteiger charge is 2.25. The number of halogens is 1. The van der Waals surface area contributed by atoms with Gasteiger partial charge in [0.05, 0.1) is 5.02 Å². The zero-order valence-electron chi connectivity index (χ0n) is 11.4. The van der Waals surface area contributed by atoms with Crippen molar-refractivity contribution in [2.45, 2.75) is 19.4 Å². The third-order valence-corrected chi connectivity index (χ3v) is 4.23. The monoisotopic (exact) mass is 291 g/mol. The molecule has 0 radical (unpaired) electrons. The van der Waals surface area contributed by atoms with E-state index in [4.69, 9.17) is 17.3 Å².